The number of piperidine rings is 1. The first-order valence-corrected chi connectivity index (χ1v) is 8.79. The van der Waals surface area contributed by atoms with Gasteiger partial charge in [-0.2, -0.15) is 0 Å². The van der Waals surface area contributed by atoms with Gasteiger partial charge in [0, 0.05) is 37.8 Å². The van der Waals surface area contributed by atoms with Crippen LogP contribution in [0.4, 0.5) is 5.82 Å². The molecular weight excluding hydrogens is 314 g/mol. The molecule has 1 unspecified atom stereocenters. The Morgan fingerprint density at radius 1 is 1.36 bits per heavy atom. The summed E-state index contributed by atoms with van der Waals surface area (Å²) in [5, 5.41) is 2.98. The molecule has 132 valence electrons. The number of benzene rings is 1. The number of hydrogen-bond donors (Lipinski definition) is 1. The van der Waals surface area contributed by atoms with Crippen molar-refractivity contribution >= 4 is 11.7 Å². The van der Waals surface area contributed by atoms with Crippen LogP contribution in [0, 0.1) is 12.8 Å². The second-order valence-electron chi connectivity index (χ2n) is 6.52. The van der Waals surface area contributed by atoms with Crippen LogP contribution in [0.1, 0.15) is 28.8 Å². The summed E-state index contributed by atoms with van der Waals surface area (Å²) < 4.78 is 5.99. The quantitative estimate of drug-likeness (QED) is 0.907. The average Bonchev–Trinajstić information content (AvgIpc) is 2.67. The molecule has 1 fully saturated rings. The standard InChI is InChI=1S/C20H25N3O2/c1-15-6-3-4-8-18(15)25-14-16-7-5-11-23(13-16)20(24)17-9-10-22-19(12-17)21-2/h3-4,6,8-10,12,16H,5,7,11,13-14H2,1-2H3,(H,21,22). The number of para-hydroxylation sites is 1. The van der Waals surface area contributed by atoms with Crippen molar-refractivity contribution in [2.24, 2.45) is 5.92 Å². The van der Waals surface area contributed by atoms with E-state index < -0.39 is 0 Å². The van der Waals surface area contributed by atoms with Gasteiger partial charge in [-0.1, -0.05) is 18.2 Å². The summed E-state index contributed by atoms with van der Waals surface area (Å²) in [5.41, 5.74) is 1.82. The van der Waals surface area contributed by atoms with Crippen molar-refractivity contribution in [2.45, 2.75) is 19.8 Å². The van der Waals surface area contributed by atoms with E-state index in [-0.39, 0.29) is 5.91 Å². The number of nitrogens with one attached hydrogen (secondary N) is 1. The molecule has 1 aliphatic heterocycles. The van der Waals surface area contributed by atoms with Crippen LogP contribution in [0.25, 0.3) is 0 Å². The van der Waals surface area contributed by atoms with Gasteiger partial charge in [0.1, 0.15) is 11.6 Å². The van der Waals surface area contributed by atoms with Gasteiger partial charge in [0.25, 0.3) is 5.91 Å². The molecule has 1 saturated heterocycles. The fourth-order valence-corrected chi connectivity index (χ4v) is 3.19. The number of carbonyl (C=O) groups excluding carboxylic acids is 1. The Labute approximate surface area is 149 Å². The molecule has 1 amide bonds. The third-order valence-corrected chi connectivity index (χ3v) is 4.64. The van der Waals surface area contributed by atoms with Gasteiger partial charge in [-0.25, -0.2) is 4.98 Å². The summed E-state index contributed by atoms with van der Waals surface area (Å²) in [4.78, 5) is 18.9. The molecule has 1 atom stereocenters. The zero-order chi connectivity index (χ0) is 17.6. The van der Waals surface area contributed by atoms with Crippen LogP contribution in [-0.4, -0.2) is 42.5 Å². The van der Waals surface area contributed by atoms with Crippen molar-refractivity contribution in [1.82, 2.24) is 9.88 Å². The number of carbonyl (C=O) groups is 1. The predicted octanol–water partition coefficient (Wildman–Crippen LogP) is 3.36. The molecular formula is C20H25N3O2. The fraction of sp³-hybridized carbons (Fsp3) is 0.400. The van der Waals surface area contributed by atoms with Crippen LogP contribution in [0.3, 0.4) is 0 Å². The van der Waals surface area contributed by atoms with Crippen molar-refractivity contribution in [1.29, 1.82) is 0 Å². The number of hydrogen-bond acceptors (Lipinski definition) is 4. The zero-order valence-electron chi connectivity index (χ0n) is 14.9. The van der Waals surface area contributed by atoms with Crippen LogP contribution in [0.2, 0.25) is 0 Å². The SMILES string of the molecule is CNc1cc(C(=O)N2CCCC(COc3ccccc3C)C2)ccn1. The van der Waals surface area contributed by atoms with Crippen molar-refractivity contribution in [3.63, 3.8) is 0 Å². The molecule has 1 aromatic heterocycles. The highest BCUT2D eigenvalue weighted by atomic mass is 16.5. The Morgan fingerprint density at radius 3 is 3.00 bits per heavy atom. The third-order valence-electron chi connectivity index (χ3n) is 4.64. The minimum absolute atomic E-state index is 0.0690. The number of ether oxygens (including phenoxy) is 1. The second kappa shape index (κ2) is 8.01. The van der Waals surface area contributed by atoms with Gasteiger partial charge < -0.3 is 15.0 Å². The molecule has 0 saturated carbocycles. The van der Waals surface area contributed by atoms with E-state index in [2.05, 4.69) is 23.3 Å². The van der Waals surface area contributed by atoms with Crippen molar-refractivity contribution in [3.05, 3.63) is 53.7 Å². The topological polar surface area (TPSA) is 54.5 Å². The average molecular weight is 339 g/mol. The van der Waals surface area contributed by atoms with Crippen LogP contribution >= 0.6 is 0 Å². The monoisotopic (exact) mass is 339 g/mol. The lowest BCUT2D eigenvalue weighted by molar-refractivity contribution is 0.0633. The molecule has 5 nitrogen and oxygen atoms in total. The Kier molecular flexibility index (Phi) is 5.53. The molecule has 1 aliphatic rings. The maximum Gasteiger partial charge on any atom is 0.254 e. The maximum absolute atomic E-state index is 12.8. The van der Waals surface area contributed by atoms with Crippen molar-refractivity contribution in [3.8, 4) is 5.75 Å². The fourth-order valence-electron chi connectivity index (χ4n) is 3.19. The van der Waals surface area contributed by atoms with E-state index in [4.69, 9.17) is 4.74 Å². The molecule has 5 heteroatoms. The molecule has 3 rings (SSSR count). The lowest BCUT2D eigenvalue weighted by Gasteiger charge is -2.33. The van der Waals surface area contributed by atoms with Crippen LogP contribution in [0.5, 0.6) is 5.75 Å². The van der Waals surface area contributed by atoms with Crippen LogP contribution in [-0.2, 0) is 0 Å². The summed E-state index contributed by atoms with van der Waals surface area (Å²) in [6.45, 7) is 4.24. The minimum atomic E-state index is 0.0690. The summed E-state index contributed by atoms with van der Waals surface area (Å²) in [5.74, 6) is 2.07. The van der Waals surface area contributed by atoms with E-state index in [1.807, 2.05) is 23.1 Å². The highest BCUT2D eigenvalue weighted by Crippen LogP contribution is 2.22. The maximum atomic E-state index is 12.8. The van der Waals surface area contributed by atoms with Gasteiger partial charge in [0.05, 0.1) is 6.61 Å². The van der Waals surface area contributed by atoms with Gasteiger partial charge in [0.15, 0.2) is 0 Å². The number of likely N-dealkylation sites (tertiary alicyclic amines) is 1. The second-order valence-corrected chi connectivity index (χ2v) is 6.52. The normalized spacial score (nSPS) is 17.2. The van der Waals surface area contributed by atoms with E-state index >= 15 is 0 Å². The van der Waals surface area contributed by atoms with Gasteiger partial charge in [-0.15, -0.1) is 0 Å². The van der Waals surface area contributed by atoms with Gasteiger partial charge in [-0.05, 0) is 43.5 Å². The van der Waals surface area contributed by atoms with E-state index in [0.29, 0.717) is 23.9 Å². The molecule has 0 aliphatic carbocycles. The van der Waals surface area contributed by atoms with Crippen LogP contribution in [0.15, 0.2) is 42.6 Å². The summed E-state index contributed by atoms with van der Waals surface area (Å²) in [6, 6.07) is 11.6. The van der Waals surface area contributed by atoms with Gasteiger partial charge >= 0.3 is 0 Å². The van der Waals surface area contributed by atoms with Gasteiger partial charge in [-0.3, -0.25) is 4.79 Å². The summed E-state index contributed by atoms with van der Waals surface area (Å²) in [7, 11) is 1.80. The molecule has 2 heterocycles. The predicted molar refractivity (Wildman–Crippen MR) is 99.1 cm³/mol. The van der Waals surface area contributed by atoms with E-state index in [1.54, 1.807) is 25.4 Å². The first kappa shape index (κ1) is 17.3. The lowest BCUT2D eigenvalue weighted by Crippen LogP contribution is -2.41. The number of nitrogens with zero attached hydrogens (tertiary/aromatic N) is 2. The van der Waals surface area contributed by atoms with E-state index in [0.717, 1.165) is 37.2 Å². The highest BCUT2D eigenvalue weighted by Gasteiger charge is 2.25. The lowest BCUT2D eigenvalue weighted by atomic mass is 9.98. The van der Waals surface area contributed by atoms with Crippen LogP contribution < -0.4 is 10.1 Å². The summed E-state index contributed by atoms with van der Waals surface area (Å²) in [6.07, 6.45) is 3.77. The molecule has 0 radical (unpaired) electrons. The van der Waals surface area contributed by atoms with Crippen molar-refractivity contribution < 1.29 is 9.53 Å². The zero-order valence-corrected chi connectivity index (χ0v) is 14.9. The molecule has 1 N–H and O–H groups in total. The van der Waals surface area contributed by atoms with Gasteiger partial charge in [0.2, 0.25) is 0 Å². The van der Waals surface area contributed by atoms with E-state index in [9.17, 15) is 4.79 Å². The minimum Gasteiger partial charge on any atom is -0.493 e. The summed E-state index contributed by atoms with van der Waals surface area (Å²) >= 11 is 0. The van der Waals surface area contributed by atoms with E-state index in [1.165, 1.54) is 0 Å². The Bertz CT molecular complexity index is 732. The number of rotatable bonds is 5. The molecule has 25 heavy (non-hydrogen) atoms. The smallest absolute Gasteiger partial charge is 0.254 e. The highest BCUT2D eigenvalue weighted by molar-refractivity contribution is 5.94. The largest absolute Gasteiger partial charge is 0.493 e. The third kappa shape index (κ3) is 4.29. The molecule has 1 aromatic carbocycles. The number of anilines is 1. The number of pyridine rings is 1. The number of amides is 1. The Hall–Kier alpha value is -2.56. The Balaban J connectivity index is 1.60. The Morgan fingerprint density at radius 2 is 2.20 bits per heavy atom. The molecule has 2 aromatic rings. The molecule has 0 bridgehead atoms. The number of aryl methyl sites for hydroxylation is 1. The molecule has 0 spiro atoms. The number of aromatic nitrogens is 1. The van der Waals surface area contributed by atoms with Crippen molar-refractivity contribution in [2.75, 3.05) is 32.1 Å². The first-order chi connectivity index (χ1) is 12.2. The first-order valence-electron chi connectivity index (χ1n) is 8.79.